The second-order valence-corrected chi connectivity index (χ2v) is 4.89. The molecule has 0 aliphatic rings. The Morgan fingerprint density at radius 2 is 1.91 bits per heavy atom. The summed E-state index contributed by atoms with van der Waals surface area (Å²) in [5.41, 5.74) is 2.28. The fourth-order valence-corrected chi connectivity index (χ4v) is 2.44. The maximum atomic E-state index is 11.1. The van der Waals surface area contributed by atoms with Gasteiger partial charge in [0, 0.05) is 5.56 Å². The summed E-state index contributed by atoms with van der Waals surface area (Å²) < 4.78 is 0. The molecule has 0 bridgehead atoms. The smallest absolute Gasteiger partial charge is 0.356 e. The number of hydrogen-bond donors (Lipinski definition) is 2. The number of benzene rings is 2. The second kappa shape index (κ2) is 4.63. The minimum absolute atomic E-state index is 0.101. The number of carbonyl (C=O) groups is 1. The van der Waals surface area contributed by atoms with Crippen LogP contribution in [-0.2, 0) is 0 Å². The van der Waals surface area contributed by atoms with Gasteiger partial charge in [-0.3, -0.25) is 5.10 Å². The summed E-state index contributed by atoms with van der Waals surface area (Å²) in [7, 11) is 0. The van der Waals surface area contributed by atoms with Crippen LogP contribution in [0.4, 0.5) is 0 Å². The lowest BCUT2D eigenvalue weighted by molar-refractivity contribution is 0.0690. The fraction of sp³-hybridized carbons (Fsp3) is 0. The van der Waals surface area contributed by atoms with Gasteiger partial charge in [-0.25, -0.2) is 14.8 Å². The van der Waals surface area contributed by atoms with Gasteiger partial charge < -0.3 is 5.11 Å². The van der Waals surface area contributed by atoms with Gasteiger partial charge in [-0.15, -0.1) is 0 Å². The zero-order chi connectivity index (χ0) is 15.1. The summed E-state index contributed by atoms with van der Waals surface area (Å²) in [6.07, 6.45) is 1.22. The predicted octanol–water partition coefficient (Wildman–Crippen LogP) is 2.87. The van der Waals surface area contributed by atoms with Gasteiger partial charge in [0.2, 0.25) is 0 Å². The third kappa shape index (κ3) is 1.89. The van der Waals surface area contributed by atoms with Crippen LogP contribution in [0.5, 0.6) is 0 Å². The average molecular weight is 290 g/mol. The minimum atomic E-state index is -1.11. The molecule has 2 aromatic heterocycles. The van der Waals surface area contributed by atoms with Crippen LogP contribution in [-0.4, -0.2) is 31.2 Å². The van der Waals surface area contributed by atoms with E-state index >= 15 is 0 Å². The number of carboxylic acid groups (broad SMARTS) is 1. The van der Waals surface area contributed by atoms with E-state index in [0.29, 0.717) is 16.9 Å². The van der Waals surface area contributed by atoms with Crippen molar-refractivity contribution in [3.8, 4) is 11.3 Å². The van der Waals surface area contributed by atoms with Crippen LogP contribution in [0.25, 0.3) is 33.2 Å². The van der Waals surface area contributed by atoms with Crippen LogP contribution in [0.2, 0.25) is 0 Å². The number of aromatic amines is 1. The Morgan fingerprint density at radius 1 is 1.09 bits per heavy atom. The van der Waals surface area contributed by atoms with Crippen molar-refractivity contribution in [3.05, 3.63) is 54.4 Å². The number of nitrogens with one attached hydrogen (secondary N) is 1. The molecule has 2 N–H and O–H groups in total. The molecule has 6 heteroatoms. The zero-order valence-corrected chi connectivity index (χ0v) is 11.3. The van der Waals surface area contributed by atoms with Crippen molar-refractivity contribution < 1.29 is 9.90 Å². The van der Waals surface area contributed by atoms with E-state index in [9.17, 15) is 4.79 Å². The predicted molar refractivity (Wildman–Crippen MR) is 81.6 cm³/mol. The molecule has 22 heavy (non-hydrogen) atoms. The molecule has 4 aromatic rings. The van der Waals surface area contributed by atoms with Crippen LogP contribution in [0.3, 0.4) is 0 Å². The van der Waals surface area contributed by atoms with Gasteiger partial charge in [-0.2, -0.15) is 5.10 Å². The molecule has 6 nitrogen and oxygen atoms in total. The summed E-state index contributed by atoms with van der Waals surface area (Å²) in [5, 5.41) is 18.3. The lowest BCUT2D eigenvalue weighted by atomic mass is 10.0. The molecular formula is C16H10N4O2. The Labute approximate surface area is 124 Å². The quantitative estimate of drug-likeness (QED) is 0.592. The van der Waals surface area contributed by atoms with E-state index in [1.165, 1.54) is 6.20 Å². The average Bonchev–Trinajstić information content (AvgIpc) is 2.97. The van der Waals surface area contributed by atoms with Crippen LogP contribution < -0.4 is 0 Å². The van der Waals surface area contributed by atoms with Crippen LogP contribution in [0.15, 0.2) is 48.7 Å². The van der Waals surface area contributed by atoms with Gasteiger partial charge in [0.15, 0.2) is 11.3 Å². The van der Waals surface area contributed by atoms with Crippen molar-refractivity contribution in [2.75, 3.05) is 0 Å². The molecule has 0 atom stereocenters. The lowest BCUT2D eigenvalue weighted by Gasteiger charge is -2.01. The second-order valence-electron chi connectivity index (χ2n) is 4.89. The monoisotopic (exact) mass is 290 g/mol. The topological polar surface area (TPSA) is 91.8 Å². The Balaban J connectivity index is 1.95. The van der Waals surface area contributed by atoms with Crippen molar-refractivity contribution in [2.45, 2.75) is 0 Å². The highest BCUT2D eigenvalue weighted by atomic mass is 16.4. The first kappa shape index (κ1) is 12.5. The SMILES string of the molecule is O=C(O)c1cnc2[nH]nc(-c3ccc4ccccc4c3)c2n1. The van der Waals surface area contributed by atoms with Crippen LogP contribution in [0.1, 0.15) is 10.5 Å². The van der Waals surface area contributed by atoms with E-state index in [1.54, 1.807) is 0 Å². The minimum Gasteiger partial charge on any atom is -0.476 e. The van der Waals surface area contributed by atoms with Gasteiger partial charge in [0.25, 0.3) is 0 Å². The Morgan fingerprint density at radius 3 is 2.73 bits per heavy atom. The summed E-state index contributed by atoms with van der Waals surface area (Å²) in [6, 6.07) is 13.9. The van der Waals surface area contributed by atoms with Crippen molar-refractivity contribution in [2.24, 2.45) is 0 Å². The molecule has 0 aliphatic heterocycles. The zero-order valence-electron chi connectivity index (χ0n) is 11.3. The van der Waals surface area contributed by atoms with E-state index in [-0.39, 0.29) is 5.69 Å². The third-order valence-electron chi connectivity index (χ3n) is 3.51. The number of carboxylic acids is 1. The first-order chi connectivity index (χ1) is 10.7. The first-order valence-corrected chi connectivity index (χ1v) is 6.66. The number of aromatic nitrogens is 4. The highest BCUT2D eigenvalue weighted by molar-refractivity contribution is 5.94. The molecule has 0 fully saturated rings. The molecule has 0 spiro atoms. The largest absolute Gasteiger partial charge is 0.476 e. The van der Waals surface area contributed by atoms with Crippen molar-refractivity contribution in [3.63, 3.8) is 0 Å². The summed E-state index contributed by atoms with van der Waals surface area (Å²) in [5.74, 6) is -1.11. The molecule has 0 aliphatic carbocycles. The van der Waals surface area contributed by atoms with Crippen LogP contribution in [0, 0.1) is 0 Å². The van der Waals surface area contributed by atoms with E-state index < -0.39 is 5.97 Å². The van der Waals surface area contributed by atoms with E-state index in [4.69, 9.17) is 5.11 Å². The molecule has 2 aromatic carbocycles. The molecule has 0 unspecified atom stereocenters. The Kier molecular flexibility index (Phi) is 2.62. The molecule has 2 heterocycles. The van der Waals surface area contributed by atoms with Crippen molar-refractivity contribution >= 4 is 27.9 Å². The Bertz CT molecular complexity index is 1020. The van der Waals surface area contributed by atoms with Gasteiger partial charge in [-0.1, -0.05) is 36.4 Å². The highest BCUT2D eigenvalue weighted by Crippen LogP contribution is 2.27. The van der Waals surface area contributed by atoms with Gasteiger partial charge >= 0.3 is 5.97 Å². The molecule has 0 amide bonds. The molecule has 0 saturated heterocycles. The van der Waals surface area contributed by atoms with Crippen molar-refractivity contribution in [1.82, 2.24) is 20.2 Å². The number of H-pyrrole nitrogens is 1. The number of rotatable bonds is 2. The molecule has 0 saturated carbocycles. The molecule has 0 radical (unpaired) electrons. The van der Waals surface area contributed by atoms with E-state index in [1.807, 2.05) is 42.5 Å². The standard InChI is InChI=1S/C16H10N4O2/c21-16(22)12-8-17-15-14(18-12)13(19-20-15)11-6-5-9-3-1-2-4-10(9)7-11/h1-8H,(H,21,22)(H,17,19,20). The summed E-state index contributed by atoms with van der Waals surface area (Å²) in [4.78, 5) is 19.2. The van der Waals surface area contributed by atoms with Gasteiger partial charge in [0.1, 0.15) is 11.2 Å². The summed E-state index contributed by atoms with van der Waals surface area (Å²) >= 11 is 0. The number of aromatic carboxylic acids is 1. The van der Waals surface area contributed by atoms with E-state index in [2.05, 4.69) is 20.2 Å². The van der Waals surface area contributed by atoms with Crippen molar-refractivity contribution in [1.29, 1.82) is 0 Å². The Hall–Kier alpha value is -3.28. The number of hydrogen-bond acceptors (Lipinski definition) is 4. The molecular weight excluding hydrogens is 280 g/mol. The number of fused-ring (bicyclic) bond motifs is 2. The van der Waals surface area contributed by atoms with E-state index in [0.717, 1.165) is 16.3 Å². The maximum Gasteiger partial charge on any atom is 0.356 e. The maximum absolute atomic E-state index is 11.1. The van der Waals surface area contributed by atoms with Gasteiger partial charge in [-0.05, 0) is 16.8 Å². The van der Waals surface area contributed by atoms with Crippen LogP contribution >= 0.6 is 0 Å². The van der Waals surface area contributed by atoms with Gasteiger partial charge in [0.05, 0.1) is 6.20 Å². The normalized spacial score (nSPS) is 11.1. The molecule has 4 rings (SSSR count). The third-order valence-corrected chi connectivity index (χ3v) is 3.51. The number of nitrogens with zero attached hydrogens (tertiary/aromatic N) is 3. The first-order valence-electron chi connectivity index (χ1n) is 6.66. The highest BCUT2D eigenvalue weighted by Gasteiger charge is 2.14. The lowest BCUT2D eigenvalue weighted by Crippen LogP contribution is -2.01. The molecule has 106 valence electrons. The summed E-state index contributed by atoms with van der Waals surface area (Å²) in [6.45, 7) is 0. The fourth-order valence-electron chi connectivity index (χ4n) is 2.44.